The molecular formula is C18H23BrN4O2. The van der Waals surface area contributed by atoms with E-state index in [1.54, 1.807) is 11.1 Å². The number of anilines is 1. The zero-order chi connectivity index (χ0) is 18.2. The third-order valence-corrected chi connectivity index (χ3v) is 4.98. The number of benzene rings is 1. The summed E-state index contributed by atoms with van der Waals surface area (Å²) in [6.45, 7) is 7.31. The first kappa shape index (κ1) is 17.9. The number of ether oxygens (including phenoxy) is 1. The molecule has 7 heteroatoms. The Kier molecular flexibility index (Phi) is 4.86. The molecule has 1 amide bonds. The van der Waals surface area contributed by atoms with E-state index in [-0.39, 0.29) is 12.1 Å². The molecule has 2 aromatic rings. The maximum atomic E-state index is 12.3. The molecule has 6 nitrogen and oxygen atoms in total. The van der Waals surface area contributed by atoms with Gasteiger partial charge in [-0.3, -0.25) is 0 Å². The molecule has 1 aromatic heterocycles. The van der Waals surface area contributed by atoms with Gasteiger partial charge in [0.15, 0.2) is 0 Å². The lowest BCUT2D eigenvalue weighted by Crippen LogP contribution is -2.42. The van der Waals surface area contributed by atoms with Crippen molar-refractivity contribution < 1.29 is 9.53 Å². The van der Waals surface area contributed by atoms with Gasteiger partial charge in [0.05, 0.1) is 12.2 Å². The Labute approximate surface area is 156 Å². The number of carbonyl (C=O) groups is 1. The van der Waals surface area contributed by atoms with Gasteiger partial charge in [-0.25, -0.2) is 4.79 Å². The fraction of sp³-hybridized carbons (Fsp3) is 0.500. The van der Waals surface area contributed by atoms with Crippen molar-refractivity contribution in [1.29, 1.82) is 0 Å². The zero-order valence-electron chi connectivity index (χ0n) is 15.0. The lowest BCUT2D eigenvalue weighted by atomic mass is 10.2. The van der Waals surface area contributed by atoms with E-state index in [1.807, 2.05) is 40.0 Å². The van der Waals surface area contributed by atoms with Gasteiger partial charge in [0.1, 0.15) is 11.1 Å². The van der Waals surface area contributed by atoms with Crippen molar-refractivity contribution in [1.82, 2.24) is 15.1 Å². The molecule has 2 heterocycles. The minimum Gasteiger partial charge on any atom is -0.444 e. The molecule has 134 valence electrons. The van der Waals surface area contributed by atoms with Crippen molar-refractivity contribution in [2.45, 2.75) is 38.8 Å². The summed E-state index contributed by atoms with van der Waals surface area (Å²) < 4.78 is 6.41. The highest BCUT2D eigenvalue weighted by molar-refractivity contribution is 9.10. The first-order valence-electron chi connectivity index (χ1n) is 8.37. The summed E-state index contributed by atoms with van der Waals surface area (Å²) in [6, 6.07) is 6.19. The SMILES string of the molecule is CN(C(=O)OC(C)(C)C)C1CCN(c2ccc(Br)c3nnccc23)C1. The van der Waals surface area contributed by atoms with Crippen molar-refractivity contribution in [3.8, 4) is 0 Å². The van der Waals surface area contributed by atoms with Crippen LogP contribution >= 0.6 is 15.9 Å². The van der Waals surface area contributed by atoms with Crippen molar-refractivity contribution >= 4 is 38.6 Å². The normalized spacial score (nSPS) is 17.8. The second-order valence-electron chi connectivity index (χ2n) is 7.34. The second-order valence-corrected chi connectivity index (χ2v) is 8.19. The van der Waals surface area contributed by atoms with E-state index in [2.05, 4.69) is 37.1 Å². The van der Waals surface area contributed by atoms with E-state index in [4.69, 9.17) is 4.74 Å². The van der Waals surface area contributed by atoms with E-state index in [0.717, 1.165) is 40.6 Å². The summed E-state index contributed by atoms with van der Waals surface area (Å²) in [5, 5.41) is 9.26. The molecule has 1 saturated heterocycles. The number of fused-ring (bicyclic) bond motifs is 1. The number of nitrogens with zero attached hydrogens (tertiary/aromatic N) is 4. The third kappa shape index (κ3) is 3.86. The quantitative estimate of drug-likeness (QED) is 0.757. The zero-order valence-corrected chi connectivity index (χ0v) is 16.6. The minimum atomic E-state index is -0.482. The molecule has 1 aliphatic heterocycles. The van der Waals surface area contributed by atoms with E-state index in [9.17, 15) is 4.79 Å². The summed E-state index contributed by atoms with van der Waals surface area (Å²) in [7, 11) is 1.81. The summed E-state index contributed by atoms with van der Waals surface area (Å²) >= 11 is 3.53. The van der Waals surface area contributed by atoms with Gasteiger partial charge in [-0.1, -0.05) is 0 Å². The molecule has 1 unspecified atom stereocenters. The molecule has 1 aliphatic rings. The van der Waals surface area contributed by atoms with Crippen LogP contribution in [0.25, 0.3) is 10.9 Å². The Balaban J connectivity index is 1.78. The Hall–Kier alpha value is -1.89. The third-order valence-electron chi connectivity index (χ3n) is 4.34. The molecule has 1 atom stereocenters. The second kappa shape index (κ2) is 6.78. The van der Waals surface area contributed by atoms with Crippen molar-refractivity contribution in [3.63, 3.8) is 0 Å². The van der Waals surface area contributed by atoms with Crippen LogP contribution in [0.2, 0.25) is 0 Å². The lowest BCUT2D eigenvalue weighted by Gasteiger charge is -2.29. The van der Waals surface area contributed by atoms with Gasteiger partial charge in [0, 0.05) is 35.7 Å². The maximum absolute atomic E-state index is 12.3. The summed E-state index contributed by atoms with van der Waals surface area (Å²) in [5.74, 6) is 0. The molecule has 25 heavy (non-hydrogen) atoms. The first-order valence-corrected chi connectivity index (χ1v) is 9.16. The van der Waals surface area contributed by atoms with E-state index in [1.165, 1.54) is 0 Å². The molecule has 0 spiro atoms. The molecule has 3 rings (SSSR count). The van der Waals surface area contributed by atoms with Crippen molar-refractivity contribution in [2.75, 3.05) is 25.0 Å². The standard InChI is InChI=1S/C18H23BrN4O2/c1-18(2,3)25-17(24)22(4)12-8-10-23(11-12)15-6-5-14(19)16-13(15)7-9-20-21-16/h5-7,9,12H,8,10-11H2,1-4H3. The van der Waals surface area contributed by atoms with Crippen molar-refractivity contribution in [2.24, 2.45) is 0 Å². The highest BCUT2D eigenvalue weighted by Gasteiger charge is 2.31. The minimum absolute atomic E-state index is 0.128. The number of hydrogen-bond donors (Lipinski definition) is 0. The fourth-order valence-electron chi connectivity index (χ4n) is 3.07. The Morgan fingerprint density at radius 1 is 1.36 bits per heavy atom. The van der Waals surface area contributed by atoms with Gasteiger partial charge in [-0.15, -0.1) is 5.10 Å². The van der Waals surface area contributed by atoms with E-state index < -0.39 is 5.60 Å². The Morgan fingerprint density at radius 2 is 2.12 bits per heavy atom. The molecule has 0 bridgehead atoms. The number of likely N-dealkylation sites (N-methyl/N-ethyl adjacent to an activating group) is 1. The Morgan fingerprint density at radius 3 is 2.84 bits per heavy atom. The molecule has 1 aromatic carbocycles. The predicted molar refractivity (Wildman–Crippen MR) is 102 cm³/mol. The molecule has 0 aliphatic carbocycles. The largest absolute Gasteiger partial charge is 0.444 e. The number of halogens is 1. The molecule has 0 saturated carbocycles. The van der Waals surface area contributed by atoms with E-state index >= 15 is 0 Å². The van der Waals surface area contributed by atoms with Gasteiger partial charge in [0.25, 0.3) is 0 Å². The maximum Gasteiger partial charge on any atom is 0.410 e. The topological polar surface area (TPSA) is 58.6 Å². The number of aromatic nitrogens is 2. The predicted octanol–water partition coefficient (Wildman–Crippen LogP) is 3.84. The highest BCUT2D eigenvalue weighted by Crippen LogP contribution is 2.33. The smallest absolute Gasteiger partial charge is 0.410 e. The van der Waals surface area contributed by atoms with Gasteiger partial charge in [-0.2, -0.15) is 5.10 Å². The van der Waals surface area contributed by atoms with Crippen molar-refractivity contribution in [3.05, 3.63) is 28.9 Å². The highest BCUT2D eigenvalue weighted by atomic mass is 79.9. The van der Waals surface area contributed by atoms with Gasteiger partial charge >= 0.3 is 6.09 Å². The molecule has 1 fully saturated rings. The van der Waals surface area contributed by atoms with Crippen LogP contribution < -0.4 is 4.90 Å². The summed E-state index contributed by atoms with van der Waals surface area (Å²) in [6.07, 6.45) is 2.34. The number of amides is 1. The van der Waals surface area contributed by atoms with Crippen LogP contribution in [0.1, 0.15) is 27.2 Å². The van der Waals surface area contributed by atoms with Crippen LogP contribution in [-0.2, 0) is 4.74 Å². The van der Waals surface area contributed by atoms with Crippen LogP contribution in [0.4, 0.5) is 10.5 Å². The van der Waals surface area contributed by atoms with Crippen LogP contribution in [0.3, 0.4) is 0 Å². The van der Waals surface area contributed by atoms with E-state index in [0.29, 0.717) is 0 Å². The first-order chi connectivity index (χ1) is 11.8. The Bertz CT molecular complexity index is 790. The average molecular weight is 407 g/mol. The van der Waals surface area contributed by atoms with Crippen LogP contribution in [-0.4, -0.2) is 53.0 Å². The van der Waals surface area contributed by atoms with Crippen LogP contribution in [0.5, 0.6) is 0 Å². The molecule has 0 radical (unpaired) electrons. The van der Waals surface area contributed by atoms with Gasteiger partial charge < -0.3 is 14.5 Å². The lowest BCUT2D eigenvalue weighted by molar-refractivity contribution is 0.0238. The number of rotatable bonds is 2. The van der Waals surface area contributed by atoms with Crippen LogP contribution in [0, 0.1) is 0 Å². The molecular weight excluding hydrogens is 384 g/mol. The fourth-order valence-corrected chi connectivity index (χ4v) is 3.50. The monoisotopic (exact) mass is 406 g/mol. The molecule has 0 N–H and O–H groups in total. The average Bonchev–Trinajstić information content (AvgIpc) is 3.03. The number of carbonyl (C=O) groups excluding carboxylic acids is 1. The summed E-state index contributed by atoms with van der Waals surface area (Å²) in [5.41, 5.74) is 1.49. The van der Waals surface area contributed by atoms with Crippen LogP contribution in [0.15, 0.2) is 28.9 Å². The van der Waals surface area contributed by atoms with Gasteiger partial charge in [-0.05, 0) is 61.3 Å². The summed E-state index contributed by atoms with van der Waals surface area (Å²) in [4.78, 5) is 16.3. The number of hydrogen-bond acceptors (Lipinski definition) is 5. The van der Waals surface area contributed by atoms with Gasteiger partial charge in [0.2, 0.25) is 0 Å².